The van der Waals surface area contributed by atoms with Gasteiger partial charge >= 0.3 is 0 Å². The fourth-order valence-corrected chi connectivity index (χ4v) is 1.31. The predicted molar refractivity (Wildman–Crippen MR) is 56.9 cm³/mol. The van der Waals surface area contributed by atoms with Gasteiger partial charge < -0.3 is 11.5 Å². The largest absolute Gasteiger partial charge is 0.366 e. The third-order valence-electron chi connectivity index (χ3n) is 1.90. The lowest BCUT2D eigenvalue weighted by Crippen LogP contribution is -2.34. The summed E-state index contributed by atoms with van der Waals surface area (Å²) < 4.78 is 0. The molecule has 1 aromatic carbocycles. The summed E-state index contributed by atoms with van der Waals surface area (Å²) in [5, 5.41) is 0. The molecule has 0 radical (unpaired) electrons. The molecule has 3 heteroatoms. The Balaban J connectivity index is 2.79. The Bertz CT molecular complexity index is 322. The second-order valence-electron chi connectivity index (χ2n) is 4.23. The van der Waals surface area contributed by atoms with Crippen LogP contribution in [0.1, 0.15) is 29.8 Å². The van der Waals surface area contributed by atoms with Crippen LogP contribution in [0.2, 0.25) is 0 Å². The Labute approximate surface area is 84.1 Å². The maximum atomic E-state index is 10.8. The molecule has 0 saturated carbocycles. The Morgan fingerprint density at radius 3 is 2.14 bits per heavy atom. The van der Waals surface area contributed by atoms with Crippen LogP contribution in [0.4, 0.5) is 0 Å². The minimum atomic E-state index is -0.399. The molecular weight excluding hydrogens is 176 g/mol. The van der Waals surface area contributed by atoms with Crippen LogP contribution in [-0.4, -0.2) is 11.4 Å². The zero-order valence-corrected chi connectivity index (χ0v) is 8.58. The number of carbonyl (C=O) groups excluding carboxylic acids is 1. The summed E-state index contributed by atoms with van der Waals surface area (Å²) >= 11 is 0. The molecule has 1 aromatic rings. The number of benzene rings is 1. The Kier molecular flexibility index (Phi) is 2.91. The number of rotatable bonds is 3. The second kappa shape index (κ2) is 3.80. The lowest BCUT2D eigenvalue weighted by Gasteiger charge is -2.18. The van der Waals surface area contributed by atoms with Gasteiger partial charge in [0.15, 0.2) is 0 Å². The Morgan fingerprint density at radius 1 is 1.29 bits per heavy atom. The van der Waals surface area contributed by atoms with Gasteiger partial charge in [0.25, 0.3) is 0 Å². The van der Waals surface area contributed by atoms with E-state index in [1.165, 1.54) is 0 Å². The lowest BCUT2D eigenvalue weighted by atomic mass is 9.96. The van der Waals surface area contributed by atoms with Gasteiger partial charge in [0, 0.05) is 11.1 Å². The predicted octanol–water partition coefficient (Wildman–Crippen LogP) is 1.07. The van der Waals surface area contributed by atoms with Crippen LogP contribution in [0.15, 0.2) is 24.3 Å². The van der Waals surface area contributed by atoms with Crippen molar-refractivity contribution >= 4 is 5.91 Å². The molecule has 0 aliphatic heterocycles. The minimum Gasteiger partial charge on any atom is -0.366 e. The molecule has 3 nitrogen and oxygen atoms in total. The molecule has 1 amide bonds. The SMILES string of the molecule is CC(C)(N)Cc1ccc(C(N)=O)cc1. The normalized spacial score (nSPS) is 11.4. The standard InChI is InChI=1S/C11H16N2O/c1-11(2,13)7-8-3-5-9(6-4-8)10(12)14/h3-6H,7,13H2,1-2H3,(H2,12,14). The summed E-state index contributed by atoms with van der Waals surface area (Å²) in [6.45, 7) is 3.93. The van der Waals surface area contributed by atoms with E-state index in [1.807, 2.05) is 26.0 Å². The lowest BCUT2D eigenvalue weighted by molar-refractivity contribution is 0.100. The first-order chi connectivity index (χ1) is 6.38. The van der Waals surface area contributed by atoms with Gasteiger partial charge in [-0.2, -0.15) is 0 Å². The zero-order chi connectivity index (χ0) is 10.8. The number of hydrogen-bond acceptors (Lipinski definition) is 2. The molecule has 0 aliphatic rings. The van der Waals surface area contributed by atoms with E-state index in [0.717, 1.165) is 12.0 Å². The Hall–Kier alpha value is -1.35. The van der Waals surface area contributed by atoms with E-state index in [0.29, 0.717) is 5.56 Å². The van der Waals surface area contributed by atoms with Crippen LogP contribution in [0, 0.1) is 0 Å². The number of carbonyl (C=O) groups is 1. The molecule has 0 fully saturated rings. The maximum absolute atomic E-state index is 10.8. The highest BCUT2D eigenvalue weighted by atomic mass is 16.1. The molecule has 0 aliphatic carbocycles. The van der Waals surface area contributed by atoms with Gasteiger partial charge in [-0.25, -0.2) is 0 Å². The second-order valence-corrected chi connectivity index (χ2v) is 4.23. The summed E-state index contributed by atoms with van der Waals surface area (Å²) in [6, 6.07) is 7.22. The summed E-state index contributed by atoms with van der Waals surface area (Å²) in [6.07, 6.45) is 0.784. The fourth-order valence-electron chi connectivity index (χ4n) is 1.31. The minimum absolute atomic E-state index is 0.228. The van der Waals surface area contributed by atoms with E-state index >= 15 is 0 Å². The molecular formula is C11H16N2O. The fraction of sp³-hybridized carbons (Fsp3) is 0.364. The molecule has 4 N–H and O–H groups in total. The quantitative estimate of drug-likeness (QED) is 0.752. The number of hydrogen-bond donors (Lipinski definition) is 2. The Morgan fingerprint density at radius 2 is 1.79 bits per heavy atom. The van der Waals surface area contributed by atoms with Crippen molar-refractivity contribution in [2.75, 3.05) is 0 Å². The number of nitrogens with two attached hydrogens (primary N) is 2. The summed E-state index contributed by atoms with van der Waals surface area (Å²) in [7, 11) is 0. The summed E-state index contributed by atoms with van der Waals surface area (Å²) in [5.41, 5.74) is 12.4. The topological polar surface area (TPSA) is 69.1 Å². The highest BCUT2D eigenvalue weighted by Crippen LogP contribution is 2.10. The van der Waals surface area contributed by atoms with Crippen molar-refractivity contribution in [3.05, 3.63) is 35.4 Å². The average Bonchev–Trinajstić information content (AvgIpc) is 2.02. The van der Waals surface area contributed by atoms with Gasteiger partial charge in [0.2, 0.25) is 5.91 Å². The zero-order valence-electron chi connectivity index (χ0n) is 8.58. The molecule has 0 aromatic heterocycles. The van der Waals surface area contributed by atoms with Crippen molar-refractivity contribution in [1.29, 1.82) is 0 Å². The third kappa shape index (κ3) is 3.18. The molecule has 0 heterocycles. The maximum Gasteiger partial charge on any atom is 0.248 e. The molecule has 0 atom stereocenters. The van der Waals surface area contributed by atoms with Gasteiger partial charge in [-0.05, 0) is 38.0 Å². The van der Waals surface area contributed by atoms with Crippen molar-refractivity contribution in [3.8, 4) is 0 Å². The van der Waals surface area contributed by atoms with Crippen molar-refractivity contribution in [2.45, 2.75) is 25.8 Å². The molecule has 0 spiro atoms. The highest BCUT2D eigenvalue weighted by Gasteiger charge is 2.11. The molecule has 14 heavy (non-hydrogen) atoms. The van der Waals surface area contributed by atoms with Gasteiger partial charge in [0.05, 0.1) is 0 Å². The van der Waals surface area contributed by atoms with E-state index < -0.39 is 5.91 Å². The van der Waals surface area contributed by atoms with E-state index in [9.17, 15) is 4.79 Å². The third-order valence-corrected chi connectivity index (χ3v) is 1.90. The first-order valence-corrected chi connectivity index (χ1v) is 4.56. The molecule has 1 rings (SSSR count). The van der Waals surface area contributed by atoms with E-state index in [4.69, 9.17) is 11.5 Å². The summed E-state index contributed by atoms with van der Waals surface area (Å²) in [4.78, 5) is 10.8. The van der Waals surface area contributed by atoms with Crippen molar-refractivity contribution in [2.24, 2.45) is 11.5 Å². The molecule has 0 saturated heterocycles. The molecule has 0 bridgehead atoms. The van der Waals surface area contributed by atoms with Crippen LogP contribution >= 0.6 is 0 Å². The van der Waals surface area contributed by atoms with Gasteiger partial charge in [-0.1, -0.05) is 12.1 Å². The first-order valence-electron chi connectivity index (χ1n) is 4.56. The van der Waals surface area contributed by atoms with Crippen molar-refractivity contribution in [3.63, 3.8) is 0 Å². The van der Waals surface area contributed by atoms with Gasteiger partial charge in [0.1, 0.15) is 0 Å². The van der Waals surface area contributed by atoms with Crippen LogP contribution in [0.25, 0.3) is 0 Å². The molecule has 0 unspecified atom stereocenters. The number of amides is 1. The van der Waals surface area contributed by atoms with Gasteiger partial charge in [-0.3, -0.25) is 4.79 Å². The van der Waals surface area contributed by atoms with Crippen molar-refractivity contribution in [1.82, 2.24) is 0 Å². The van der Waals surface area contributed by atoms with Crippen LogP contribution in [0.5, 0.6) is 0 Å². The van der Waals surface area contributed by atoms with Crippen molar-refractivity contribution < 1.29 is 4.79 Å². The van der Waals surface area contributed by atoms with Gasteiger partial charge in [-0.15, -0.1) is 0 Å². The van der Waals surface area contributed by atoms with E-state index in [-0.39, 0.29) is 5.54 Å². The van der Waals surface area contributed by atoms with Crippen LogP contribution in [-0.2, 0) is 6.42 Å². The molecule has 76 valence electrons. The van der Waals surface area contributed by atoms with Crippen LogP contribution in [0.3, 0.4) is 0 Å². The highest BCUT2D eigenvalue weighted by molar-refractivity contribution is 5.92. The van der Waals surface area contributed by atoms with E-state index in [1.54, 1.807) is 12.1 Å². The summed E-state index contributed by atoms with van der Waals surface area (Å²) in [5.74, 6) is -0.399. The van der Waals surface area contributed by atoms with Crippen LogP contribution < -0.4 is 11.5 Å². The first kappa shape index (κ1) is 10.7. The average molecular weight is 192 g/mol. The monoisotopic (exact) mass is 192 g/mol. The van der Waals surface area contributed by atoms with E-state index in [2.05, 4.69) is 0 Å². The number of primary amides is 1. The smallest absolute Gasteiger partial charge is 0.248 e.